The molecule has 5 nitrogen and oxygen atoms in total. The summed E-state index contributed by atoms with van der Waals surface area (Å²) < 4.78 is 5.26. The molecule has 3 aromatic rings. The molecule has 0 aliphatic rings. The molecule has 0 aliphatic heterocycles. The third-order valence-electron chi connectivity index (χ3n) is 3.84. The summed E-state index contributed by atoms with van der Waals surface area (Å²) in [5.74, 6) is 0.342. The van der Waals surface area contributed by atoms with Crippen molar-refractivity contribution in [2.24, 2.45) is 0 Å². The van der Waals surface area contributed by atoms with Crippen molar-refractivity contribution in [2.45, 2.75) is 6.04 Å². The molecule has 2 heterocycles. The summed E-state index contributed by atoms with van der Waals surface area (Å²) >= 11 is 7.49. The lowest BCUT2D eigenvalue weighted by Crippen LogP contribution is -2.34. The molecule has 1 atom stereocenters. The first kappa shape index (κ1) is 17.7. The van der Waals surface area contributed by atoms with E-state index < -0.39 is 0 Å². The molecule has 0 aliphatic carbocycles. The normalized spacial score (nSPS) is 12.3. The quantitative estimate of drug-likeness (QED) is 0.705. The summed E-state index contributed by atoms with van der Waals surface area (Å²) in [5, 5.41) is 9.43. The minimum Gasteiger partial charge on any atom is -0.355 e. The van der Waals surface area contributed by atoms with Crippen LogP contribution in [0.4, 0.5) is 0 Å². The molecule has 0 saturated carbocycles. The minimum absolute atomic E-state index is 0.0323. The van der Waals surface area contributed by atoms with Crippen molar-refractivity contribution in [3.05, 3.63) is 64.1 Å². The summed E-state index contributed by atoms with van der Waals surface area (Å²) in [4.78, 5) is 15.4. The largest absolute Gasteiger partial charge is 0.355 e. The lowest BCUT2D eigenvalue weighted by atomic mass is 10.1. The van der Waals surface area contributed by atoms with Crippen molar-refractivity contribution >= 4 is 28.8 Å². The van der Waals surface area contributed by atoms with Crippen LogP contribution in [0.2, 0.25) is 5.02 Å². The van der Waals surface area contributed by atoms with E-state index in [0.29, 0.717) is 17.3 Å². The van der Waals surface area contributed by atoms with Gasteiger partial charge >= 0.3 is 0 Å². The second kappa shape index (κ2) is 7.82. The lowest BCUT2D eigenvalue weighted by Gasteiger charge is -2.25. The van der Waals surface area contributed by atoms with Crippen LogP contribution in [0.15, 0.2) is 52.4 Å². The number of benzene rings is 1. The molecule has 0 spiro atoms. The lowest BCUT2D eigenvalue weighted by molar-refractivity contribution is 0.0933. The van der Waals surface area contributed by atoms with Crippen LogP contribution >= 0.6 is 22.9 Å². The number of carbonyl (C=O) groups excluding carboxylic acids is 1. The van der Waals surface area contributed by atoms with E-state index >= 15 is 0 Å². The number of nitrogens with zero attached hydrogens (tertiary/aromatic N) is 2. The van der Waals surface area contributed by atoms with Crippen molar-refractivity contribution in [3.8, 4) is 10.6 Å². The maximum absolute atomic E-state index is 12.4. The van der Waals surface area contributed by atoms with Crippen molar-refractivity contribution in [3.63, 3.8) is 0 Å². The van der Waals surface area contributed by atoms with E-state index in [1.807, 2.05) is 60.8 Å². The molecular formula is C18H18ClN3O2S. The Labute approximate surface area is 155 Å². The molecule has 130 valence electrons. The van der Waals surface area contributed by atoms with Crippen LogP contribution < -0.4 is 5.32 Å². The van der Waals surface area contributed by atoms with E-state index in [4.69, 9.17) is 16.1 Å². The number of thiophene rings is 1. The zero-order chi connectivity index (χ0) is 17.8. The second-order valence-electron chi connectivity index (χ2n) is 5.79. The Bertz CT molecular complexity index is 828. The monoisotopic (exact) mass is 375 g/mol. The van der Waals surface area contributed by atoms with Crippen molar-refractivity contribution in [2.75, 3.05) is 20.6 Å². The molecule has 1 aromatic carbocycles. The molecule has 0 unspecified atom stereocenters. The van der Waals surface area contributed by atoms with E-state index in [-0.39, 0.29) is 17.6 Å². The molecule has 0 bridgehead atoms. The van der Waals surface area contributed by atoms with Gasteiger partial charge in [0.05, 0.1) is 10.9 Å². The highest BCUT2D eigenvalue weighted by atomic mass is 35.5. The van der Waals surface area contributed by atoms with Crippen LogP contribution in [0.3, 0.4) is 0 Å². The number of amides is 1. The Balaban J connectivity index is 1.66. The van der Waals surface area contributed by atoms with Gasteiger partial charge in [0.15, 0.2) is 11.5 Å². The first-order valence-corrected chi connectivity index (χ1v) is 9.01. The topological polar surface area (TPSA) is 58.4 Å². The van der Waals surface area contributed by atoms with Gasteiger partial charge in [-0.15, -0.1) is 11.3 Å². The molecule has 0 saturated heterocycles. The number of hydrogen-bond donors (Lipinski definition) is 1. The predicted molar refractivity (Wildman–Crippen MR) is 100 cm³/mol. The maximum atomic E-state index is 12.4. The Kier molecular flexibility index (Phi) is 5.53. The molecule has 0 fully saturated rings. The van der Waals surface area contributed by atoms with E-state index in [1.165, 1.54) is 11.3 Å². The fraction of sp³-hybridized carbons (Fsp3) is 0.222. The van der Waals surface area contributed by atoms with E-state index in [1.54, 1.807) is 6.07 Å². The van der Waals surface area contributed by atoms with Crippen molar-refractivity contribution in [1.29, 1.82) is 0 Å². The Hall–Kier alpha value is -2.15. The smallest absolute Gasteiger partial charge is 0.273 e. The predicted octanol–water partition coefficient (Wildman–Crippen LogP) is 4.09. The third kappa shape index (κ3) is 4.28. The molecule has 1 N–H and O–H groups in total. The summed E-state index contributed by atoms with van der Waals surface area (Å²) in [7, 11) is 3.94. The van der Waals surface area contributed by atoms with Crippen LogP contribution in [0, 0.1) is 0 Å². The second-order valence-corrected chi connectivity index (χ2v) is 7.18. The number of nitrogens with one attached hydrogen (secondary N) is 1. The average Bonchev–Trinajstić information content (AvgIpc) is 3.27. The van der Waals surface area contributed by atoms with Crippen molar-refractivity contribution < 1.29 is 9.32 Å². The number of rotatable bonds is 6. The molecule has 2 aromatic heterocycles. The van der Waals surface area contributed by atoms with Crippen LogP contribution in [0.5, 0.6) is 0 Å². The van der Waals surface area contributed by atoms with Gasteiger partial charge in [0.25, 0.3) is 5.91 Å². The maximum Gasteiger partial charge on any atom is 0.273 e. The molecular weight excluding hydrogens is 358 g/mol. The van der Waals surface area contributed by atoms with Gasteiger partial charge in [-0.05, 0) is 43.2 Å². The van der Waals surface area contributed by atoms with Gasteiger partial charge in [-0.3, -0.25) is 4.79 Å². The van der Waals surface area contributed by atoms with Gasteiger partial charge in [-0.25, -0.2) is 0 Å². The van der Waals surface area contributed by atoms with Gasteiger partial charge in [-0.2, -0.15) is 0 Å². The number of halogens is 1. The van der Waals surface area contributed by atoms with Crippen molar-refractivity contribution in [1.82, 2.24) is 15.4 Å². The zero-order valence-corrected chi connectivity index (χ0v) is 15.5. The number of aromatic nitrogens is 1. The van der Waals surface area contributed by atoms with E-state index in [0.717, 1.165) is 10.4 Å². The first-order valence-electron chi connectivity index (χ1n) is 7.75. The SMILES string of the molecule is CN(C)[C@H](CNC(=O)c1cc(-c2cccs2)on1)c1ccc(Cl)cc1. The summed E-state index contributed by atoms with van der Waals surface area (Å²) in [6, 6.07) is 13.2. The van der Waals surface area contributed by atoms with E-state index in [9.17, 15) is 4.79 Å². The molecule has 3 rings (SSSR count). The molecule has 1 amide bonds. The summed E-state index contributed by atoms with van der Waals surface area (Å²) in [5.41, 5.74) is 1.35. The highest BCUT2D eigenvalue weighted by molar-refractivity contribution is 7.13. The standard InChI is InChI=1S/C18H18ClN3O2S/c1-22(2)15(12-5-7-13(19)8-6-12)11-20-18(23)14-10-16(24-21-14)17-4-3-9-25-17/h3-10,15H,11H2,1-2H3,(H,20,23)/t15-/m1/s1. The molecule has 0 radical (unpaired) electrons. The molecule has 7 heteroatoms. The zero-order valence-electron chi connectivity index (χ0n) is 13.9. The van der Waals surface area contributed by atoms with Crippen LogP contribution in [0.1, 0.15) is 22.1 Å². The van der Waals surface area contributed by atoms with Gasteiger partial charge in [0, 0.05) is 17.6 Å². The number of carbonyl (C=O) groups is 1. The van der Waals surface area contributed by atoms with E-state index in [2.05, 4.69) is 10.5 Å². The summed E-state index contributed by atoms with van der Waals surface area (Å²) in [6.07, 6.45) is 0. The number of hydrogen-bond acceptors (Lipinski definition) is 5. The van der Waals surface area contributed by atoms with Gasteiger partial charge in [0.1, 0.15) is 0 Å². The Morgan fingerprint density at radius 3 is 2.72 bits per heavy atom. The molecule has 25 heavy (non-hydrogen) atoms. The van der Waals surface area contributed by atoms with Gasteiger partial charge in [0.2, 0.25) is 0 Å². The van der Waals surface area contributed by atoms with Crippen LogP contribution in [0.25, 0.3) is 10.6 Å². The summed E-state index contributed by atoms with van der Waals surface area (Å²) in [6.45, 7) is 0.453. The highest BCUT2D eigenvalue weighted by Crippen LogP contribution is 2.25. The first-order chi connectivity index (χ1) is 12.0. The third-order valence-corrected chi connectivity index (χ3v) is 4.98. The van der Waals surface area contributed by atoms with Crippen LogP contribution in [-0.2, 0) is 0 Å². The number of likely N-dealkylation sites (N-methyl/N-ethyl adjacent to an activating group) is 1. The Morgan fingerprint density at radius 2 is 2.08 bits per heavy atom. The minimum atomic E-state index is -0.257. The fourth-order valence-electron chi connectivity index (χ4n) is 2.48. The van der Waals surface area contributed by atoms with Gasteiger partial charge < -0.3 is 14.7 Å². The Morgan fingerprint density at radius 1 is 1.32 bits per heavy atom. The average molecular weight is 376 g/mol. The van der Waals surface area contributed by atoms with Crippen LogP contribution in [-0.4, -0.2) is 36.6 Å². The van der Waals surface area contributed by atoms with Gasteiger partial charge in [-0.1, -0.05) is 35.0 Å². The fourth-order valence-corrected chi connectivity index (χ4v) is 3.28. The highest BCUT2D eigenvalue weighted by Gasteiger charge is 2.18.